The van der Waals surface area contributed by atoms with E-state index in [9.17, 15) is 34.8 Å². The third kappa shape index (κ3) is 12.7. The van der Waals surface area contributed by atoms with E-state index in [1.807, 2.05) is 45.1 Å². The summed E-state index contributed by atoms with van der Waals surface area (Å²) < 4.78 is 0. The summed E-state index contributed by atoms with van der Waals surface area (Å²) in [5.74, 6) is -2.71. The Morgan fingerprint density at radius 3 is 1.61 bits per heavy atom. The van der Waals surface area contributed by atoms with Gasteiger partial charge in [0, 0.05) is 51.7 Å². The normalized spacial score (nSPS) is 10.6. The molecule has 2 aromatic rings. The molecule has 0 aliphatic rings. The number of pyridine rings is 2. The summed E-state index contributed by atoms with van der Waals surface area (Å²) in [7, 11) is 0. The Bertz CT molecular complexity index is 881. The molecule has 0 radical (unpaired) electrons. The van der Waals surface area contributed by atoms with E-state index in [0.717, 1.165) is 42.5 Å². The fraction of sp³-hybridized carbons (Fsp3) is 0.435. The number of amides is 1. The molecule has 10 heteroatoms. The number of carboxylic acids is 2. The summed E-state index contributed by atoms with van der Waals surface area (Å²) in [5.41, 5.74) is 3.96. The molecular weight excluding hydrogens is 430 g/mol. The van der Waals surface area contributed by atoms with Crippen LogP contribution in [0.1, 0.15) is 56.4 Å². The minimum atomic E-state index is -1.50. The van der Waals surface area contributed by atoms with Crippen molar-refractivity contribution in [1.29, 1.82) is 0 Å². The lowest BCUT2D eigenvalue weighted by atomic mass is 10.1. The monoisotopic (exact) mass is 463 g/mol. The molecule has 0 spiro atoms. The molecule has 10 nitrogen and oxygen atoms in total. The zero-order valence-corrected chi connectivity index (χ0v) is 19.7. The second-order valence-corrected chi connectivity index (χ2v) is 7.20. The third-order valence-corrected chi connectivity index (χ3v) is 4.30. The van der Waals surface area contributed by atoms with Gasteiger partial charge in [0.25, 0.3) is 0 Å². The second-order valence-electron chi connectivity index (χ2n) is 7.20. The van der Waals surface area contributed by atoms with Crippen LogP contribution in [-0.2, 0) is 27.2 Å². The smallest absolute Gasteiger partial charge is 0.221 e. The Labute approximate surface area is 193 Å². The maximum Gasteiger partial charge on any atom is 0.221 e. The van der Waals surface area contributed by atoms with Crippen molar-refractivity contribution < 1.29 is 44.8 Å². The van der Waals surface area contributed by atoms with Crippen molar-refractivity contribution in [3.8, 4) is 11.5 Å². The number of hydrogen-bond acceptors (Lipinski definition) is 7. The molecule has 2 aromatic heterocycles. The Kier molecular flexibility index (Phi) is 13.5. The number of carbonyl (C=O) groups is 3. The quantitative estimate of drug-likeness (QED) is 0.467. The van der Waals surface area contributed by atoms with Gasteiger partial charge in [-0.3, -0.25) is 4.79 Å². The molecule has 2 rings (SSSR count). The van der Waals surface area contributed by atoms with Crippen molar-refractivity contribution in [3.63, 3.8) is 0 Å². The van der Waals surface area contributed by atoms with E-state index < -0.39 is 30.3 Å². The maximum absolute atomic E-state index is 10.4. The number of aromatic nitrogens is 2. The van der Waals surface area contributed by atoms with Crippen molar-refractivity contribution in [2.75, 3.05) is 0 Å². The van der Waals surface area contributed by atoms with Gasteiger partial charge in [-0.1, -0.05) is 13.8 Å². The highest BCUT2D eigenvalue weighted by atomic mass is 16.4. The highest BCUT2D eigenvalue weighted by Gasteiger charge is 2.10. The van der Waals surface area contributed by atoms with Gasteiger partial charge in [0.15, 0.2) is 22.9 Å². The van der Waals surface area contributed by atoms with E-state index in [0.29, 0.717) is 11.5 Å². The molecule has 0 unspecified atom stereocenters. The Balaban J connectivity index is 0.000000470. The standard InChI is InChI=1S/2C8H11NO.C7H11NO5/c2*1-3-7-8(10)5-4-6(2)9-7;1-4(9)8-5(7(12)13)2-3-6(10)11/h2*4-5,10H,3H2,1-2H3;5H,2-3H2,1H3,(H,8,9)(H,10,11)(H,12,13)/t;;5-/m..0/s1. The van der Waals surface area contributed by atoms with Crippen LogP contribution in [0.3, 0.4) is 0 Å². The van der Waals surface area contributed by atoms with Gasteiger partial charge in [0.05, 0.1) is 12.0 Å². The third-order valence-electron chi connectivity index (χ3n) is 4.30. The molecular formula is C23H33N3O7. The highest BCUT2D eigenvalue weighted by Crippen LogP contribution is 2.11. The minimum absolute atomic E-state index is 0.232. The number of aryl methyl sites for hydroxylation is 4. The van der Waals surface area contributed by atoms with Crippen LogP contribution >= 0.6 is 0 Å². The number of carbonyl (C=O) groups excluding carboxylic acids is 3. The van der Waals surface area contributed by atoms with Gasteiger partial charge in [0.2, 0.25) is 17.3 Å². The van der Waals surface area contributed by atoms with Crippen molar-refractivity contribution in [1.82, 2.24) is 5.32 Å². The molecule has 0 aliphatic heterocycles. The molecule has 0 bridgehead atoms. The van der Waals surface area contributed by atoms with Crippen LogP contribution in [0.15, 0.2) is 24.3 Å². The second kappa shape index (κ2) is 15.2. The maximum atomic E-state index is 10.4. The Morgan fingerprint density at radius 1 is 0.909 bits per heavy atom. The van der Waals surface area contributed by atoms with Gasteiger partial charge >= 0.3 is 0 Å². The van der Waals surface area contributed by atoms with E-state index in [-0.39, 0.29) is 6.42 Å². The van der Waals surface area contributed by atoms with Gasteiger partial charge in [0.1, 0.15) is 0 Å². The molecule has 33 heavy (non-hydrogen) atoms. The Hall–Kier alpha value is -3.69. The van der Waals surface area contributed by atoms with Gasteiger partial charge in [-0.25, -0.2) is 9.97 Å². The number of H-pyrrole nitrogens is 2. The van der Waals surface area contributed by atoms with Gasteiger partial charge in [-0.05, 0) is 25.0 Å². The van der Waals surface area contributed by atoms with E-state index in [1.165, 1.54) is 0 Å². The first-order chi connectivity index (χ1) is 15.4. The van der Waals surface area contributed by atoms with E-state index in [2.05, 4.69) is 9.97 Å². The highest BCUT2D eigenvalue weighted by molar-refractivity contribution is 5.81. The van der Waals surface area contributed by atoms with Crippen molar-refractivity contribution in [3.05, 3.63) is 47.0 Å². The van der Waals surface area contributed by atoms with Crippen molar-refractivity contribution in [2.45, 2.75) is 66.3 Å². The van der Waals surface area contributed by atoms with Crippen LogP contribution < -0.4 is 25.5 Å². The number of carboxylic acid groups (broad SMARTS) is 2. The van der Waals surface area contributed by atoms with Crippen LogP contribution in [0.5, 0.6) is 11.5 Å². The number of aromatic hydroxyl groups is 2. The van der Waals surface area contributed by atoms with Gasteiger partial charge in [-0.15, -0.1) is 0 Å². The first-order valence-corrected chi connectivity index (χ1v) is 10.5. The number of nitrogens with one attached hydrogen (secondary N) is 3. The molecule has 5 N–H and O–H groups in total. The van der Waals surface area contributed by atoms with Crippen molar-refractivity contribution >= 4 is 17.8 Å². The fourth-order valence-corrected chi connectivity index (χ4v) is 2.59. The zero-order valence-electron chi connectivity index (χ0n) is 19.7. The van der Waals surface area contributed by atoms with Crippen LogP contribution in [0.4, 0.5) is 0 Å². The van der Waals surface area contributed by atoms with Gasteiger partial charge in [-0.2, -0.15) is 0 Å². The molecule has 0 aromatic carbocycles. The van der Waals surface area contributed by atoms with Crippen molar-refractivity contribution in [2.24, 2.45) is 0 Å². The number of hydrogen-bond donors (Lipinski definition) is 3. The minimum Gasteiger partial charge on any atom is -0.550 e. The lowest BCUT2D eigenvalue weighted by molar-refractivity contribution is -0.400. The van der Waals surface area contributed by atoms with Crippen LogP contribution in [0, 0.1) is 13.8 Å². The van der Waals surface area contributed by atoms with E-state index >= 15 is 0 Å². The first-order valence-electron chi connectivity index (χ1n) is 10.5. The molecule has 2 heterocycles. The van der Waals surface area contributed by atoms with Crippen LogP contribution in [0.2, 0.25) is 0 Å². The van der Waals surface area contributed by atoms with Crippen LogP contribution in [-0.4, -0.2) is 34.1 Å². The number of rotatable bonds is 7. The summed E-state index contributed by atoms with van der Waals surface area (Å²) >= 11 is 0. The molecule has 0 aliphatic carbocycles. The summed E-state index contributed by atoms with van der Waals surface area (Å²) in [4.78, 5) is 36.9. The average molecular weight is 464 g/mol. The lowest BCUT2D eigenvalue weighted by Gasteiger charge is -2.18. The topological polar surface area (TPSA) is 178 Å². The molecule has 0 saturated carbocycles. The Morgan fingerprint density at radius 2 is 1.33 bits per heavy atom. The number of aromatic amines is 2. The molecule has 1 amide bonds. The first kappa shape index (κ1) is 29.3. The van der Waals surface area contributed by atoms with Gasteiger partial charge < -0.3 is 35.3 Å². The predicted molar refractivity (Wildman–Crippen MR) is 114 cm³/mol. The molecule has 0 saturated heterocycles. The molecule has 182 valence electrons. The fourth-order valence-electron chi connectivity index (χ4n) is 2.59. The predicted octanol–water partition coefficient (Wildman–Crippen LogP) is -1.07. The number of aliphatic carboxylic acids is 2. The van der Waals surface area contributed by atoms with Crippen LogP contribution in [0.25, 0.3) is 0 Å². The molecule has 1 atom stereocenters. The van der Waals surface area contributed by atoms with E-state index in [4.69, 9.17) is 0 Å². The summed E-state index contributed by atoms with van der Waals surface area (Å²) in [5, 5.41) is 40.7. The lowest BCUT2D eigenvalue weighted by Crippen LogP contribution is -2.47. The average Bonchev–Trinajstić information content (AvgIpc) is 2.75. The summed E-state index contributed by atoms with van der Waals surface area (Å²) in [6.45, 7) is 9.09. The zero-order chi connectivity index (χ0) is 25.6. The SMILES string of the molecule is CC(=O)N[C@@H](CCC(=O)[O-])C(=O)[O-].CCc1[nH+]c(C)ccc1O.CCc1[nH+]c(C)ccc1O. The summed E-state index contributed by atoms with van der Waals surface area (Å²) in [6.07, 6.45) is 1.02. The molecule has 0 fully saturated rings. The largest absolute Gasteiger partial charge is 0.550 e. The summed E-state index contributed by atoms with van der Waals surface area (Å²) in [6, 6.07) is 5.87. The van der Waals surface area contributed by atoms with E-state index in [1.54, 1.807) is 12.1 Å².